The Hall–Kier alpha value is -0.763. The van der Waals surface area contributed by atoms with Gasteiger partial charge in [0.15, 0.2) is 0 Å². The summed E-state index contributed by atoms with van der Waals surface area (Å²) in [5.74, 6) is 1.08. The molecular weight excluding hydrogens is 224 g/mol. The maximum atomic E-state index is 6.45. The van der Waals surface area contributed by atoms with Gasteiger partial charge < -0.3 is 4.43 Å². The lowest BCUT2D eigenvalue weighted by Gasteiger charge is -2.31. The minimum Gasteiger partial charge on any atom is -0.543 e. The third-order valence-corrected chi connectivity index (χ3v) is 8.16. The van der Waals surface area contributed by atoms with Gasteiger partial charge in [0.1, 0.15) is 5.75 Å². The molecule has 0 aliphatic heterocycles. The Kier molecular flexibility index (Phi) is 5.76. The van der Waals surface area contributed by atoms with Crippen LogP contribution in [0.4, 0.5) is 0 Å². The molecule has 96 valence electrons. The van der Waals surface area contributed by atoms with Crippen LogP contribution in [0.25, 0.3) is 0 Å². The molecule has 17 heavy (non-hydrogen) atoms. The molecule has 0 unspecified atom stereocenters. The predicted octanol–water partition coefficient (Wildman–Crippen LogP) is 5.16. The Morgan fingerprint density at radius 1 is 1.06 bits per heavy atom. The van der Waals surface area contributed by atoms with E-state index in [9.17, 15) is 0 Å². The molecule has 0 aliphatic carbocycles. The fourth-order valence-corrected chi connectivity index (χ4v) is 6.25. The van der Waals surface area contributed by atoms with Gasteiger partial charge in [-0.15, -0.1) is 0 Å². The van der Waals surface area contributed by atoms with Crippen molar-refractivity contribution in [3.05, 3.63) is 29.8 Å². The van der Waals surface area contributed by atoms with Gasteiger partial charge >= 0.3 is 0 Å². The van der Waals surface area contributed by atoms with Crippen LogP contribution in [-0.2, 0) is 0 Å². The lowest BCUT2D eigenvalue weighted by atomic mass is 10.2. The average Bonchev–Trinajstić information content (AvgIpc) is 2.29. The van der Waals surface area contributed by atoms with E-state index in [0.29, 0.717) is 0 Å². The van der Waals surface area contributed by atoms with Crippen LogP contribution >= 0.6 is 0 Å². The first kappa shape index (κ1) is 14.3. The third kappa shape index (κ3) is 4.19. The molecule has 0 bridgehead atoms. The molecule has 1 rings (SSSR count). The second-order valence-electron chi connectivity index (χ2n) is 4.96. The zero-order chi connectivity index (χ0) is 12.7. The summed E-state index contributed by atoms with van der Waals surface area (Å²) in [7, 11) is -1.53. The van der Waals surface area contributed by atoms with Gasteiger partial charge in [0.25, 0.3) is 8.32 Å². The molecule has 2 heteroatoms. The van der Waals surface area contributed by atoms with E-state index >= 15 is 0 Å². The second-order valence-corrected chi connectivity index (χ2v) is 9.23. The molecule has 1 aromatic rings. The van der Waals surface area contributed by atoms with Crippen LogP contribution in [0.2, 0.25) is 18.1 Å². The largest absolute Gasteiger partial charge is 0.543 e. The van der Waals surface area contributed by atoms with Crippen molar-refractivity contribution < 1.29 is 4.43 Å². The quantitative estimate of drug-likeness (QED) is 0.607. The zero-order valence-corrected chi connectivity index (χ0v) is 12.8. The third-order valence-electron chi connectivity index (χ3n) is 3.38. The molecule has 0 fully saturated rings. The van der Waals surface area contributed by atoms with E-state index in [0.717, 1.165) is 5.75 Å². The molecule has 0 heterocycles. The van der Waals surface area contributed by atoms with Crippen molar-refractivity contribution in [1.29, 1.82) is 0 Å². The van der Waals surface area contributed by atoms with Gasteiger partial charge in [-0.2, -0.15) is 0 Å². The van der Waals surface area contributed by atoms with Gasteiger partial charge in [-0.25, -0.2) is 0 Å². The summed E-state index contributed by atoms with van der Waals surface area (Å²) < 4.78 is 6.45. The van der Waals surface area contributed by atoms with Crippen LogP contribution in [0.15, 0.2) is 24.3 Å². The van der Waals surface area contributed by atoms with E-state index in [1.807, 2.05) is 0 Å². The number of hydrogen-bond donors (Lipinski definition) is 0. The Morgan fingerprint density at radius 3 is 2.18 bits per heavy atom. The van der Waals surface area contributed by atoms with Gasteiger partial charge in [0.05, 0.1) is 0 Å². The Bertz CT molecular complexity index is 329. The summed E-state index contributed by atoms with van der Waals surface area (Å²) in [6.45, 7) is 8.97. The Balaban J connectivity index is 2.84. The monoisotopic (exact) mass is 250 g/mol. The molecule has 0 amide bonds. The van der Waals surface area contributed by atoms with Crippen LogP contribution in [0.1, 0.15) is 39.2 Å². The normalized spacial score (nSPS) is 11.5. The summed E-state index contributed by atoms with van der Waals surface area (Å²) in [5.41, 5.74) is 1.29. The van der Waals surface area contributed by atoms with Crippen molar-refractivity contribution in [2.75, 3.05) is 0 Å². The fourth-order valence-electron chi connectivity index (χ4n) is 2.49. The zero-order valence-electron chi connectivity index (χ0n) is 11.8. The molecule has 0 radical (unpaired) electrons. The second kappa shape index (κ2) is 6.85. The van der Waals surface area contributed by atoms with Crippen molar-refractivity contribution in [2.24, 2.45) is 0 Å². The van der Waals surface area contributed by atoms with E-state index in [-0.39, 0.29) is 0 Å². The van der Waals surface area contributed by atoms with Crippen molar-refractivity contribution in [3.8, 4) is 5.75 Å². The highest BCUT2D eigenvalue weighted by atomic mass is 28.4. The van der Waals surface area contributed by atoms with E-state index in [1.165, 1.54) is 36.5 Å². The minimum absolute atomic E-state index is 1.08. The molecule has 0 aliphatic rings. The first-order valence-corrected chi connectivity index (χ1v) is 9.44. The molecule has 0 saturated carbocycles. The highest BCUT2D eigenvalue weighted by molar-refractivity contribution is 6.74. The topological polar surface area (TPSA) is 9.23 Å². The van der Waals surface area contributed by atoms with Gasteiger partial charge in [-0.1, -0.05) is 45.7 Å². The van der Waals surface area contributed by atoms with Gasteiger partial charge in [-0.05, 0) is 42.8 Å². The lowest BCUT2D eigenvalue weighted by molar-refractivity contribution is 0.523. The molecule has 1 nitrogen and oxygen atoms in total. The summed E-state index contributed by atoms with van der Waals surface area (Å²) in [4.78, 5) is 0. The van der Waals surface area contributed by atoms with Crippen LogP contribution in [-0.4, -0.2) is 8.32 Å². The number of benzene rings is 1. The van der Waals surface area contributed by atoms with Crippen molar-refractivity contribution in [3.63, 3.8) is 0 Å². The average molecular weight is 250 g/mol. The number of aryl methyl sites for hydroxylation is 1. The van der Waals surface area contributed by atoms with Crippen LogP contribution < -0.4 is 4.43 Å². The first-order valence-electron chi connectivity index (χ1n) is 6.91. The molecule has 0 atom stereocenters. The summed E-state index contributed by atoms with van der Waals surface area (Å²) >= 11 is 0. The molecule has 0 spiro atoms. The van der Waals surface area contributed by atoms with Crippen LogP contribution in [0.5, 0.6) is 5.75 Å². The fraction of sp³-hybridized carbons (Fsp3) is 0.600. The van der Waals surface area contributed by atoms with Crippen molar-refractivity contribution >= 4 is 8.32 Å². The standard InChI is InChI=1S/C15H26OSi/c1-5-11-17(7-3,12-6-2)16-15-10-8-9-14(4)13-15/h8-10,13H,5-7,11-12H2,1-4H3. The lowest BCUT2D eigenvalue weighted by Crippen LogP contribution is -2.40. The molecule has 1 aromatic carbocycles. The van der Waals surface area contributed by atoms with Crippen LogP contribution in [0, 0.1) is 6.92 Å². The minimum atomic E-state index is -1.53. The number of rotatable bonds is 7. The Morgan fingerprint density at radius 2 is 1.71 bits per heavy atom. The van der Waals surface area contributed by atoms with Crippen molar-refractivity contribution in [1.82, 2.24) is 0 Å². The summed E-state index contributed by atoms with van der Waals surface area (Å²) in [6.07, 6.45) is 2.48. The Labute approximate surface area is 107 Å². The smallest absolute Gasteiger partial charge is 0.250 e. The molecule has 0 saturated heterocycles. The SMILES string of the molecule is CCC[Si](CC)(CCC)Oc1cccc(C)c1. The maximum Gasteiger partial charge on any atom is 0.250 e. The molecule has 0 N–H and O–H groups in total. The van der Waals surface area contributed by atoms with Crippen LogP contribution in [0.3, 0.4) is 0 Å². The van der Waals surface area contributed by atoms with E-state index in [1.54, 1.807) is 0 Å². The van der Waals surface area contributed by atoms with E-state index in [4.69, 9.17) is 4.43 Å². The maximum absolute atomic E-state index is 6.45. The molecular formula is C15H26OSi. The van der Waals surface area contributed by atoms with Gasteiger partial charge in [-0.3, -0.25) is 0 Å². The van der Waals surface area contributed by atoms with Gasteiger partial charge in [0.2, 0.25) is 0 Å². The highest BCUT2D eigenvalue weighted by Gasteiger charge is 2.32. The van der Waals surface area contributed by atoms with Crippen molar-refractivity contribution in [2.45, 2.75) is 58.7 Å². The van der Waals surface area contributed by atoms with E-state index < -0.39 is 8.32 Å². The summed E-state index contributed by atoms with van der Waals surface area (Å²) in [6, 6.07) is 12.3. The highest BCUT2D eigenvalue weighted by Crippen LogP contribution is 2.28. The van der Waals surface area contributed by atoms with E-state index in [2.05, 4.69) is 52.0 Å². The number of hydrogen-bond acceptors (Lipinski definition) is 1. The molecule has 0 aromatic heterocycles. The van der Waals surface area contributed by atoms with Gasteiger partial charge in [0, 0.05) is 0 Å². The predicted molar refractivity (Wildman–Crippen MR) is 78.2 cm³/mol. The summed E-state index contributed by atoms with van der Waals surface area (Å²) in [5, 5.41) is 0. The first-order chi connectivity index (χ1) is 8.15.